The van der Waals surface area contributed by atoms with Crippen LogP contribution in [0.4, 0.5) is 10.1 Å². The van der Waals surface area contributed by atoms with Crippen LogP contribution in [0, 0.1) is 12.7 Å². The number of likely N-dealkylation sites (N-methyl/N-ethyl adjacent to an activating group) is 1. The Hall–Kier alpha value is -4.02. The van der Waals surface area contributed by atoms with Crippen molar-refractivity contribution in [2.24, 2.45) is 0 Å². The highest BCUT2D eigenvalue weighted by molar-refractivity contribution is 9.10. The minimum Gasteiger partial charge on any atom is -0.355 e. The molecule has 0 aliphatic rings. The molecule has 0 heterocycles. The number of amides is 2. The number of nitrogens with zero attached hydrogens (tertiary/aromatic N) is 2. The van der Waals surface area contributed by atoms with E-state index in [4.69, 9.17) is 0 Å². The molecule has 0 saturated carbocycles. The van der Waals surface area contributed by atoms with Crippen LogP contribution in [-0.4, -0.2) is 44.3 Å². The fourth-order valence-electron chi connectivity index (χ4n) is 4.64. The first-order chi connectivity index (χ1) is 20.6. The first-order valence-electron chi connectivity index (χ1n) is 13.8. The summed E-state index contributed by atoms with van der Waals surface area (Å²) in [7, 11) is -4.38. The number of anilines is 1. The third-order valence-corrected chi connectivity index (χ3v) is 9.20. The number of benzene rings is 4. The highest BCUT2D eigenvalue weighted by Crippen LogP contribution is 2.27. The lowest BCUT2D eigenvalue weighted by Crippen LogP contribution is -2.53. The molecule has 4 aromatic rings. The van der Waals surface area contributed by atoms with E-state index >= 15 is 4.39 Å². The third kappa shape index (κ3) is 8.09. The van der Waals surface area contributed by atoms with Crippen molar-refractivity contribution in [1.29, 1.82) is 0 Å². The number of hydrogen-bond donors (Lipinski definition) is 1. The quantitative estimate of drug-likeness (QED) is 0.205. The van der Waals surface area contributed by atoms with E-state index in [0.29, 0.717) is 6.54 Å². The second-order valence-electron chi connectivity index (χ2n) is 10.0. The molecule has 1 atom stereocenters. The highest BCUT2D eigenvalue weighted by Gasteiger charge is 2.35. The molecule has 4 aromatic carbocycles. The zero-order chi connectivity index (χ0) is 31.0. The maximum atomic E-state index is 15.2. The average molecular weight is 667 g/mol. The molecule has 0 unspecified atom stereocenters. The molecule has 0 aliphatic carbocycles. The van der Waals surface area contributed by atoms with E-state index in [2.05, 4.69) is 21.2 Å². The standard InChI is InChI=1S/C33H33BrFN3O4S/c1-3-36-33(40)31(21-25-9-5-4-6-10-25)37(22-26-15-17-27(34)18-16-26)32(39)23-38(30-12-8-7-11-29(30)35)43(41,42)28-19-13-24(2)14-20-28/h4-20,31H,3,21-23H2,1-2H3,(H,36,40)/t31-/m0/s1. The zero-order valence-corrected chi connectivity index (χ0v) is 26.3. The zero-order valence-electron chi connectivity index (χ0n) is 23.9. The molecular formula is C33H33BrFN3O4S. The number of para-hydroxylation sites is 1. The number of carbonyl (C=O) groups excluding carboxylic acids is 2. The van der Waals surface area contributed by atoms with Gasteiger partial charge in [-0.2, -0.15) is 0 Å². The van der Waals surface area contributed by atoms with Crippen molar-refractivity contribution in [1.82, 2.24) is 10.2 Å². The van der Waals surface area contributed by atoms with Gasteiger partial charge in [-0.3, -0.25) is 13.9 Å². The Morgan fingerprint density at radius 3 is 2.12 bits per heavy atom. The van der Waals surface area contributed by atoms with Gasteiger partial charge in [0.2, 0.25) is 11.8 Å². The second kappa shape index (κ2) is 14.4. The number of hydrogen-bond acceptors (Lipinski definition) is 4. The van der Waals surface area contributed by atoms with Gasteiger partial charge in [0.1, 0.15) is 18.4 Å². The molecule has 0 spiro atoms. The molecule has 7 nitrogen and oxygen atoms in total. The average Bonchev–Trinajstić information content (AvgIpc) is 3.00. The minimum absolute atomic E-state index is 0.0242. The van der Waals surface area contributed by atoms with Crippen LogP contribution in [0.5, 0.6) is 0 Å². The third-order valence-electron chi connectivity index (χ3n) is 6.90. The molecule has 43 heavy (non-hydrogen) atoms. The number of aryl methyl sites for hydroxylation is 1. The molecule has 10 heteroatoms. The number of nitrogens with one attached hydrogen (secondary N) is 1. The summed E-state index contributed by atoms with van der Waals surface area (Å²) >= 11 is 3.42. The summed E-state index contributed by atoms with van der Waals surface area (Å²) in [5.74, 6) is -1.83. The molecule has 0 radical (unpaired) electrons. The molecule has 224 valence electrons. The first-order valence-corrected chi connectivity index (χ1v) is 16.0. The van der Waals surface area contributed by atoms with Crippen molar-refractivity contribution in [2.45, 2.75) is 37.8 Å². The summed E-state index contributed by atoms with van der Waals surface area (Å²) in [6, 6.07) is 27.1. The van der Waals surface area contributed by atoms with Gasteiger partial charge in [-0.25, -0.2) is 12.8 Å². The molecule has 1 N–H and O–H groups in total. The fourth-order valence-corrected chi connectivity index (χ4v) is 6.32. The van der Waals surface area contributed by atoms with Crippen LogP contribution in [0.2, 0.25) is 0 Å². The van der Waals surface area contributed by atoms with Crippen LogP contribution in [0.3, 0.4) is 0 Å². The van der Waals surface area contributed by atoms with Crippen LogP contribution in [0.25, 0.3) is 0 Å². The van der Waals surface area contributed by atoms with E-state index in [9.17, 15) is 18.0 Å². The predicted molar refractivity (Wildman–Crippen MR) is 169 cm³/mol. The largest absolute Gasteiger partial charge is 0.355 e. The topological polar surface area (TPSA) is 86.8 Å². The van der Waals surface area contributed by atoms with Gasteiger partial charge in [0.25, 0.3) is 10.0 Å². The summed E-state index contributed by atoms with van der Waals surface area (Å²) in [6.07, 6.45) is 0.194. The molecular weight excluding hydrogens is 633 g/mol. The lowest BCUT2D eigenvalue weighted by Gasteiger charge is -2.34. The molecule has 4 rings (SSSR count). The van der Waals surface area contributed by atoms with Crippen LogP contribution >= 0.6 is 15.9 Å². The van der Waals surface area contributed by atoms with E-state index in [1.165, 1.54) is 35.2 Å². The Balaban J connectivity index is 1.80. The van der Waals surface area contributed by atoms with Gasteiger partial charge in [0.05, 0.1) is 10.6 Å². The molecule has 0 saturated heterocycles. The normalized spacial score (nSPS) is 11.9. The Morgan fingerprint density at radius 1 is 0.860 bits per heavy atom. The van der Waals surface area contributed by atoms with Gasteiger partial charge in [0.15, 0.2) is 0 Å². The van der Waals surface area contributed by atoms with E-state index in [0.717, 1.165) is 31.5 Å². The molecule has 0 aromatic heterocycles. The van der Waals surface area contributed by atoms with Crippen molar-refractivity contribution in [2.75, 3.05) is 17.4 Å². The molecule has 0 bridgehead atoms. The van der Waals surface area contributed by atoms with Crippen molar-refractivity contribution in [3.05, 3.63) is 130 Å². The number of carbonyl (C=O) groups is 2. The Bertz CT molecular complexity index is 1650. The smallest absolute Gasteiger partial charge is 0.264 e. The number of sulfonamides is 1. The van der Waals surface area contributed by atoms with Gasteiger partial charge in [-0.1, -0.05) is 88.2 Å². The maximum absolute atomic E-state index is 15.2. The van der Waals surface area contributed by atoms with E-state index in [-0.39, 0.29) is 29.5 Å². The van der Waals surface area contributed by atoms with E-state index in [1.807, 2.05) is 61.5 Å². The monoisotopic (exact) mass is 665 g/mol. The summed E-state index contributed by atoms with van der Waals surface area (Å²) in [5, 5.41) is 2.82. The van der Waals surface area contributed by atoms with Gasteiger partial charge >= 0.3 is 0 Å². The lowest BCUT2D eigenvalue weighted by atomic mass is 10.0. The van der Waals surface area contributed by atoms with Crippen LogP contribution in [-0.2, 0) is 32.6 Å². The van der Waals surface area contributed by atoms with Crippen LogP contribution < -0.4 is 9.62 Å². The van der Waals surface area contributed by atoms with E-state index in [1.54, 1.807) is 19.1 Å². The molecule has 0 fully saturated rings. The predicted octanol–water partition coefficient (Wildman–Crippen LogP) is 5.87. The van der Waals surface area contributed by atoms with Crippen LogP contribution in [0.1, 0.15) is 23.6 Å². The van der Waals surface area contributed by atoms with Crippen LogP contribution in [0.15, 0.2) is 112 Å². The van der Waals surface area contributed by atoms with Gasteiger partial charge in [-0.05, 0) is 61.4 Å². The maximum Gasteiger partial charge on any atom is 0.264 e. The highest BCUT2D eigenvalue weighted by atomic mass is 79.9. The van der Waals surface area contributed by atoms with Gasteiger partial charge < -0.3 is 10.2 Å². The molecule has 0 aliphatic heterocycles. The number of rotatable bonds is 12. The van der Waals surface area contributed by atoms with E-state index < -0.39 is 34.3 Å². The Labute approximate surface area is 260 Å². The summed E-state index contributed by atoms with van der Waals surface area (Å²) < 4.78 is 44.7. The Morgan fingerprint density at radius 2 is 1.49 bits per heavy atom. The van der Waals surface area contributed by atoms with Gasteiger partial charge in [0, 0.05) is 24.0 Å². The molecule has 2 amide bonds. The number of halogens is 2. The first kappa shape index (κ1) is 31.9. The van der Waals surface area contributed by atoms with Gasteiger partial charge in [-0.15, -0.1) is 0 Å². The Kier molecular flexibility index (Phi) is 10.7. The fraction of sp³-hybridized carbons (Fsp3) is 0.212. The summed E-state index contributed by atoms with van der Waals surface area (Å²) in [4.78, 5) is 29.1. The summed E-state index contributed by atoms with van der Waals surface area (Å²) in [5.41, 5.74) is 2.14. The SMILES string of the molecule is CCNC(=O)[C@H](Cc1ccccc1)N(Cc1ccc(Br)cc1)C(=O)CN(c1ccccc1F)S(=O)(=O)c1ccc(C)cc1. The van der Waals surface area contributed by atoms with Crippen molar-refractivity contribution < 1.29 is 22.4 Å². The van der Waals surface area contributed by atoms with Crippen molar-refractivity contribution in [3.8, 4) is 0 Å². The second-order valence-corrected chi connectivity index (χ2v) is 12.8. The summed E-state index contributed by atoms with van der Waals surface area (Å²) in [6.45, 7) is 3.25. The lowest BCUT2D eigenvalue weighted by molar-refractivity contribution is -0.140. The van der Waals surface area contributed by atoms with Crippen molar-refractivity contribution >= 4 is 43.5 Å². The van der Waals surface area contributed by atoms with Crippen molar-refractivity contribution in [3.63, 3.8) is 0 Å². The minimum atomic E-state index is -4.38.